The fraction of sp³-hybridized carbons (Fsp3) is 1.00. The van der Waals surface area contributed by atoms with Gasteiger partial charge in [-0.3, -0.25) is 0 Å². The smallest absolute Gasteiger partial charge is 0.0719 e. The van der Waals surface area contributed by atoms with Crippen LogP contribution in [-0.2, 0) is 4.74 Å². The van der Waals surface area contributed by atoms with E-state index in [1.54, 1.807) is 7.11 Å². The number of hydrogen-bond donors (Lipinski definition) is 1. The molecule has 2 unspecified atom stereocenters. The molecule has 0 bridgehead atoms. The predicted octanol–water partition coefficient (Wildman–Crippen LogP) is 1.93. The molecule has 0 radical (unpaired) electrons. The van der Waals surface area contributed by atoms with E-state index in [1.165, 1.54) is 19.3 Å². The van der Waals surface area contributed by atoms with E-state index in [0.717, 1.165) is 18.8 Å². The molecule has 0 saturated heterocycles. The summed E-state index contributed by atoms with van der Waals surface area (Å²) in [6.07, 6.45) is 6.59. The van der Waals surface area contributed by atoms with Crippen molar-refractivity contribution in [3.05, 3.63) is 0 Å². The van der Waals surface area contributed by atoms with E-state index in [4.69, 9.17) is 10.5 Å². The number of rotatable bonds is 6. The van der Waals surface area contributed by atoms with Crippen LogP contribution < -0.4 is 5.73 Å². The van der Waals surface area contributed by atoms with Gasteiger partial charge in [0.25, 0.3) is 0 Å². The molecule has 0 heterocycles. The monoisotopic (exact) mass is 171 g/mol. The topological polar surface area (TPSA) is 35.2 Å². The summed E-state index contributed by atoms with van der Waals surface area (Å²) in [5, 5.41) is 0. The first-order chi connectivity index (χ1) is 5.77. The lowest BCUT2D eigenvalue weighted by molar-refractivity contribution is 0.0737. The van der Waals surface area contributed by atoms with Crippen molar-refractivity contribution in [3.8, 4) is 0 Å². The van der Waals surface area contributed by atoms with Crippen molar-refractivity contribution in [2.75, 3.05) is 7.11 Å². The molecule has 72 valence electrons. The van der Waals surface area contributed by atoms with Crippen molar-refractivity contribution >= 4 is 0 Å². The fourth-order valence-electron chi connectivity index (χ4n) is 1.66. The summed E-state index contributed by atoms with van der Waals surface area (Å²) in [5.41, 5.74) is 5.99. The molecule has 1 aliphatic carbocycles. The lowest BCUT2D eigenvalue weighted by Crippen LogP contribution is -2.35. The van der Waals surface area contributed by atoms with E-state index in [9.17, 15) is 0 Å². The lowest BCUT2D eigenvalue weighted by Gasteiger charge is -2.20. The normalized spacial score (nSPS) is 22.2. The Balaban J connectivity index is 2.10. The Kier molecular flexibility index (Phi) is 4.02. The molecule has 0 aromatic carbocycles. The van der Waals surface area contributed by atoms with Crippen LogP contribution in [0, 0.1) is 5.92 Å². The molecule has 1 aliphatic rings. The third kappa shape index (κ3) is 3.11. The van der Waals surface area contributed by atoms with Gasteiger partial charge in [0, 0.05) is 13.2 Å². The third-order valence-corrected chi connectivity index (χ3v) is 2.79. The second-order valence-corrected chi connectivity index (χ2v) is 3.87. The fourth-order valence-corrected chi connectivity index (χ4v) is 1.66. The van der Waals surface area contributed by atoms with Crippen molar-refractivity contribution in [3.63, 3.8) is 0 Å². The van der Waals surface area contributed by atoms with Gasteiger partial charge in [0.15, 0.2) is 0 Å². The SMILES string of the molecule is CCC(OC)C(N)CCC1CC1. The molecule has 2 nitrogen and oxygen atoms in total. The van der Waals surface area contributed by atoms with Crippen LogP contribution in [0.2, 0.25) is 0 Å². The van der Waals surface area contributed by atoms with Crippen molar-refractivity contribution < 1.29 is 4.74 Å². The van der Waals surface area contributed by atoms with Crippen LogP contribution in [0.5, 0.6) is 0 Å². The van der Waals surface area contributed by atoms with Crippen molar-refractivity contribution in [1.29, 1.82) is 0 Å². The summed E-state index contributed by atoms with van der Waals surface area (Å²) in [5.74, 6) is 0.991. The van der Waals surface area contributed by atoms with Crippen LogP contribution in [0.15, 0.2) is 0 Å². The van der Waals surface area contributed by atoms with Crippen LogP contribution >= 0.6 is 0 Å². The molecule has 0 aromatic heterocycles. The summed E-state index contributed by atoms with van der Waals surface area (Å²) >= 11 is 0. The van der Waals surface area contributed by atoms with Crippen LogP contribution in [0.4, 0.5) is 0 Å². The van der Waals surface area contributed by atoms with Crippen LogP contribution in [-0.4, -0.2) is 19.3 Å². The third-order valence-electron chi connectivity index (χ3n) is 2.79. The molecule has 0 aliphatic heterocycles. The maximum Gasteiger partial charge on any atom is 0.0719 e. The van der Waals surface area contributed by atoms with Gasteiger partial charge in [0.05, 0.1) is 6.10 Å². The molecule has 12 heavy (non-hydrogen) atoms. The zero-order chi connectivity index (χ0) is 8.97. The van der Waals surface area contributed by atoms with E-state index in [2.05, 4.69) is 6.92 Å². The second-order valence-electron chi connectivity index (χ2n) is 3.87. The molecule has 1 rings (SSSR count). The number of ether oxygens (including phenoxy) is 1. The molecule has 1 fully saturated rings. The highest BCUT2D eigenvalue weighted by Crippen LogP contribution is 2.34. The first kappa shape index (κ1) is 10.0. The first-order valence-corrected chi connectivity index (χ1v) is 5.06. The van der Waals surface area contributed by atoms with E-state index in [1.807, 2.05) is 0 Å². The molecule has 1 saturated carbocycles. The maximum atomic E-state index is 5.99. The summed E-state index contributed by atoms with van der Waals surface area (Å²) < 4.78 is 5.29. The zero-order valence-corrected chi connectivity index (χ0v) is 8.25. The summed E-state index contributed by atoms with van der Waals surface area (Å²) in [4.78, 5) is 0. The summed E-state index contributed by atoms with van der Waals surface area (Å²) in [7, 11) is 1.76. The highest BCUT2D eigenvalue weighted by molar-refractivity contribution is 4.78. The number of hydrogen-bond acceptors (Lipinski definition) is 2. The first-order valence-electron chi connectivity index (χ1n) is 5.06. The van der Waals surface area contributed by atoms with E-state index in [0.29, 0.717) is 0 Å². The van der Waals surface area contributed by atoms with E-state index >= 15 is 0 Å². The quantitative estimate of drug-likeness (QED) is 0.662. The van der Waals surface area contributed by atoms with Crippen LogP contribution in [0.3, 0.4) is 0 Å². The van der Waals surface area contributed by atoms with Gasteiger partial charge in [-0.1, -0.05) is 19.8 Å². The van der Waals surface area contributed by atoms with Crippen molar-refractivity contribution in [2.24, 2.45) is 11.7 Å². The van der Waals surface area contributed by atoms with E-state index in [-0.39, 0.29) is 12.1 Å². The molecule has 2 heteroatoms. The lowest BCUT2D eigenvalue weighted by atomic mass is 10.0. The standard InChI is InChI=1S/C10H21NO/c1-3-10(12-2)9(11)7-6-8-4-5-8/h8-10H,3-7,11H2,1-2H3. The van der Waals surface area contributed by atoms with Gasteiger partial charge in [-0.05, 0) is 25.2 Å². The van der Waals surface area contributed by atoms with Gasteiger partial charge in [0.1, 0.15) is 0 Å². The van der Waals surface area contributed by atoms with Crippen molar-refractivity contribution in [1.82, 2.24) is 0 Å². The minimum atomic E-state index is 0.251. The summed E-state index contributed by atoms with van der Waals surface area (Å²) in [6, 6.07) is 0.251. The molecule has 0 amide bonds. The minimum Gasteiger partial charge on any atom is -0.380 e. The van der Waals surface area contributed by atoms with Gasteiger partial charge in [-0.25, -0.2) is 0 Å². The van der Waals surface area contributed by atoms with Crippen LogP contribution in [0.25, 0.3) is 0 Å². The Morgan fingerprint density at radius 3 is 2.58 bits per heavy atom. The van der Waals surface area contributed by atoms with Gasteiger partial charge >= 0.3 is 0 Å². The molecule has 0 spiro atoms. The maximum absolute atomic E-state index is 5.99. The van der Waals surface area contributed by atoms with Crippen LogP contribution in [0.1, 0.15) is 39.0 Å². The second kappa shape index (κ2) is 4.83. The Morgan fingerprint density at radius 2 is 2.17 bits per heavy atom. The summed E-state index contributed by atoms with van der Waals surface area (Å²) in [6.45, 7) is 2.13. The highest BCUT2D eigenvalue weighted by atomic mass is 16.5. The van der Waals surface area contributed by atoms with Crippen molar-refractivity contribution in [2.45, 2.75) is 51.2 Å². The average molecular weight is 171 g/mol. The molecular weight excluding hydrogens is 150 g/mol. The molecule has 2 N–H and O–H groups in total. The van der Waals surface area contributed by atoms with Gasteiger partial charge in [-0.15, -0.1) is 0 Å². The van der Waals surface area contributed by atoms with Gasteiger partial charge < -0.3 is 10.5 Å². The molecule has 0 aromatic rings. The Hall–Kier alpha value is -0.0800. The highest BCUT2D eigenvalue weighted by Gasteiger charge is 2.23. The Labute approximate surface area is 75.5 Å². The zero-order valence-electron chi connectivity index (χ0n) is 8.25. The predicted molar refractivity (Wildman–Crippen MR) is 51.0 cm³/mol. The molecule has 2 atom stereocenters. The largest absolute Gasteiger partial charge is 0.380 e. The number of methoxy groups -OCH3 is 1. The number of nitrogens with two attached hydrogens (primary N) is 1. The Bertz CT molecular complexity index is 119. The van der Waals surface area contributed by atoms with E-state index < -0.39 is 0 Å². The molecular formula is C10H21NO. The van der Waals surface area contributed by atoms with Gasteiger partial charge in [0.2, 0.25) is 0 Å². The minimum absolute atomic E-state index is 0.251. The van der Waals surface area contributed by atoms with Gasteiger partial charge in [-0.2, -0.15) is 0 Å². The average Bonchev–Trinajstić information content (AvgIpc) is 2.86. The Morgan fingerprint density at radius 1 is 1.50 bits per heavy atom.